The lowest BCUT2D eigenvalue weighted by Gasteiger charge is -2.50. The Bertz CT molecular complexity index is 1370. The van der Waals surface area contributed by atoms with E-state index in [2.05, 4.69) is 6.58 Å². The third-order valence-electron chi connectivity index (χ3n) is 11.9. The molecular formula is C43H74N2O15. The first-order valence-corrected chi connectivity index (χ1v) is 21.5. The Kier molecular flexibility index (Phi) is 21.0. The first-order chi connectivity index (χ1) is 28.3. The number of β-amino-alcohol motifs (C(OH)–C–C–N with tert-alkyl or cyclic N) is 1. The van der Waals surface area contributed by atoms with Crippen molar-refractivity contribution in [3.63, 3.8) is 0 Å². The lowest BCUT2D eigenvalue weighted by Crippen LogP contribution is -2.66. The van der Waals surface area contributed by atoms with Crippen LogP contribution >= 0.6 is 0 Å². The van der Waals surface area contributed by atoms with Gasteiger partial charge in [-0.2, -0.15) is 0 Å². The van der Waals surface area contributed by atoms with Crippen LogP contribution in [0.3, 0.4) is 0 Å². The van der Waals surface area contributed by atoms with Gasteiger partial charge in [-0.25, -0.2) is 0 Å². The molecule has 0 aromatic carbocycles. The molecule has 0 aliphatic carbocycles. The summed E-state index contributed by atoms with van der Waals surface area (Å²) < 4.78 is 49.1. The summed E-state index contributed by atoms with van der Waals surface area (Å²) in [6.45, 7) is 14.9. The summed E-state index contributed by atoms with van der Waals surface area (Å²) in [5.74, 6) is -2.74. The molecule has 17 heteroatoms. The largest absolute Gasteiger partial charge is 0.462 e. The fourth-order valence-electron chi connectivity index (χ4n) is 8.62. The normalized spacial score (nSPS) is 39.4. The molecule has 3 N–H and O–H groups in total. The minimum Gasteiger partial charge on any atom is -0.462 e. The second-order valence-electron chi connectivity index (χ2n) is 17.2. The van der Waals surface area contributed by atoms with Crippen molar-refractivity contribution in [1.29, 1.82) is 0 Å². The van der Waals surface area contributed by atoms with Crippen molar-refractivity contribution in [1.82, 2.24) is 9.80 Å². The van der Waals surface area contributed by atoms with Gasteiger partial charge in [-0.15, -0.1) is 6.58 Å². The molecule has 0 spiro atoms. The van der Waals surface area contributed by atoms with E-state index in [0.29, 0.717) is 32.4 Å². The quantitative estimate of drug-likeness (QED) is 0.0992. The number of aldehydes is 1. The van der Waals surface area contributed by atoms with Gasteiger partial charge in [0.05, 0.1) is 36.9 Å². The van der Waals surface area contributed by atoms with Crippen LogP contribution in [0.15, 0.2) is 12.7 Å². The zero-order valence-electron chi connectivity index (χ0n) is 37.4. The van der Waals surface area contributed by atoms with Crippen LogP contribution < -0.4 is 0 Å². The van der Waals surface area contributed by atoms with E-state index >= 15 is 0 Å². The van der Waals surface area contributed by atoms with Gasteiger partial charge in [-0.1, -0.05) is 26.8 Å². The number of nitrogens with zero attached hydrogens (tertiary/aromatic N) is 2. The Morgan fingerprint density at radius 1 is 1.00 bits per heavy atom. The zero-order chi connectivity index (χ0) is 44.9. The molecule has 0 amide bonds. The maximum absolute atomic E-state index is 13.6. The van der Waals surface area contributed by atoms with E-state index < -0.39 is 116 Å². The molecule has 3 heterocycles. The predicted molar refractivity (Wildman–Crippen MR) is 218 cm³/mol. The predicted octanol–water partition coefficient (Wildman–Crippen LogP) is 2.53. The number of aliphatic hydroxyl groups excluding tert-OH is 2. The highest BCUT2D eigenvalue weighted by atomic mass is 16.7. The fraction of sp³-hybridized carbons (Fsp3) is 0.860. The van der Waals surface area contributed by atoms with E-state index in [1.54, 1.807) is 59.7 Å². The maximum Gasteiger partial charge on any atom is 0.309 e. The highest BCUT2D eigenvalue weighted by Crippen LogP contribution is 2.38. The molecule has 16 atom stereocenters. The van der Waals surface area contributed by atoms with Gasteiger partial charge in [0.15, 0.2) is 18.7 Å². The average molecular weight is 859 g/mol. The molecule has 5 unspecified atom stereocenters. The van der Waals surface area contributed by atoms with Crippen molar-refractivity contribution in [3.8, 4) is 0 Å². The molecule has 3 fully saturated rings. The van der Waals surface area contributed by atoms with Crippen LogP contribution in [0.5, 0.6) is 0 Å². The zero-order valence-corrected chi connectivity index (χ0v) is 37.4. The molecule has 17 nitrogen and oxygen atoms in total. The number of methoxy groups -OCH3 is 1. The Morgan fingerprint density at radius 3 is 2.25 bits per heavy atom. The highest BCUT2D eigenvalue weighted by molar-refractivity contribution is 5.72. The Hall–Kier alpha value is -2.58. The summed E-state index contributed by atoms with van der Waals surface area (Å²) >= 11 is 0. The van der Waals surface area contributed by atoms with Crippen molar-refractivity contribution in [2.45, 2.75) is 185 Å². The standard InChI is InChI=1S/C43H74N2O15/c1-12-16-29-17-15-19-45(10)24-30(47)25(4)21-28(18-20-46)39(40(53-11)31(22-34(50)56-29)57-32(48)13-2)60-42-37(51)36(44(8)9)38(26(5)55-42)59-35-23-43(7,52)41(27(6)54-35)58-33(49)14-3/h12,20,25-31,35-42,47,51-52H,1,13-19,21-24H2,2-11H3/t25-,26?,27?,28+,29+,30+,31-,35+,36?,37?,38+,39+,40+,41+,42+,43?/m1/s1. The number of cyclic esters (lactones) is 1. The molecule has 0 radical (unpaired) electrons. The molecule has 60 heavy (non-hydrogen) atoms. The fourth-order valence-corrected chi connectivity index (χ4v) is 8.62. The van der Waals surface area contributed by atoms with Gasteiger partial charge in [-0.3, -0.25) is 14.4 Å². The van der Waals surface area contributed by atoms with Gasteiger partial charge in [0.2, 0.25) is 0 Å². The smallest absolute Gasteiger partial charge is 0.309 e. The maximum atomic E-state index is 13.6. The lowest BCUT2D eigenvalue weighted by molar-refractivity contribution is -0.344. The molecule has 3 aliphatic rings. The number of rotatable bonds is 14. The SMILES string of the molecule is C=CC[C@H]1CCCN(C)C[C@H](O)[C@H](C)C[C@H](CC=O)[C@H](O[C@@H]2OC(C)[C@H](O[C@H]3CC(C)(O)[C@@H](OC(=O)CC)C(C)O3)C(N(C)C)C2O)[C@@H](OC)[C@H](OC(=O)CC)CC(=O)O1. The molecule has 0 aromatic heterocycles. The Labute approximate surface area is 356 Å². The second-order valence-corrected chi connectivity index (χ2v) is 17.2. The van der Waals surface area contributed by atoms with Crippen molar-refractivity contribution in [2.24, 2.45) is 11.8 Å². The number of carbonyl (C=O) groups is 4. The highest BCUT2D eigenvalue weighted by Gasteiger charge is 2.53. The number of esters is 3. The minimum absolute atomic E-state index is 0.00155. The number of likely N-dealkylation sites (N-methyl/N-ethyl adjacent to an activating group) is 2. The van der Waals surface area contributed by atoms with E-state index in [9.17, 15) is 34.5 Å². The monoisotopic (exact) mass is 859 g/mol. The van der Waals surface area contributed by atoms with Gasteiger partial charge >= 0.3 is 17.9 Å². The van der Waals surface area contributed by atoms with Crippen LogP contribution in [0.1, 0.15) is 99.3 Å². The Balaban J connectivity index is 2.03. The number of carbonyl (C=O) groups excluding carboxylic acids is 4. The van der Waals surface area contributed by atoms with Crippen LogP contribution in [-0.4, -0.2) is 176 Å². The van der Waals surface area contributed by atoms with Gasteiger partial charge in [0.25, 0.3) is 0 Å². The first-order valence-electron chi connectivity index (χ1n) is 21.5. The third-order valence-corrected chi connectivity index (χ3v) is 11.9. The van der Waals surface area contributed by atoms with Crippen LogP contribution in [0.2, 0.25) is 0 Å². The molecule has 0 bridgehead atoms. The van der Waals surface area contributed by atoms with E-state index in [-0.39, 0.29) is 38.0 Å². The number of hydrogen-bond acceptors (Lipinski definition) is 17. The molecule has 3 rings (SSSR count). The third kappa shape index (κ3) is 14.5. The van der Waals surface area contributed by atoms with Gasteiger partial charge in [0.1, 0.15) is 42.4 Å². The number of hydrogen-bond donors (Lipinski definition) is 3. The molecule has 3 saturated heterocycles. The minimum atomic E-state index is -1.49. The lowest BCUT2D eigenvalue weighted by atomic mass is 9.82. The van der Waals surface area contributed by atoms with Crippen LogP contribution in [0.25, 0.3) is 0 Å². The van der Waals surface area contributed by atoms with E-state index in [1.807, 2.05) is 18.9 Å². The molecule has 0 saturated carbocycles. The van der Waals surface area contributed by atoms with Gasteiger partial charge in [-0.05, 0) is 79.6 Å². The van der Waals surface area contributed by atoms with Crippen LogP contribution in [-0.2, 0) is 57.1 Å². The summed E-state index contributed by atoms with van der Waals surface area (Å²) in [6.07, 6.45) is -7.88. The van der Waals surface area contributed by atoms with E-state index in [0.717, 1.165) is 6.29 Å². The topological polar surface area (TPSA) is 209 Å². The number of aliphatic hydroxyl groups is 3. The van der Waals surface area contributed by atoms with Gasteiger partial charge in [0, 0.05) is 45.8 Å². The summed E-state index contributed by atoms with van der Waals surface area (Å²) in [5.41, 5.74) is -1.49. The van der Waals surface area contributed by atoms with Crippen molar-refractivity contribution in [3.05, 3.63) is 12.7 Å². The van der Waals surface area contributed by atoms with Gasteiger partial charge < -0.3 is 67.8 Å². The molecule has 346 valence electrons. The average Bonchev–Trinajstić information content (AvgIpc) is 3.16. The van der Waals surface area contributed by atoms with E-state index in [1.165, 1.54) is 7.11 Å². The second kappa shape index (κ2) is 24.3. The van der Waals surface area contributed by atoms with Crippen LogP contribution in [0.4, 0.5) is 0 Å². The molecule has 0 aromatic rings. The van der Waals surface area contributed by atoms with E-state index in [4.69, 9.17) is 37.9 Å². The van der Waals surface area contributed by atoms with Crippen molar-refractivity contribution < 1.29 is 72.4 Å². The summed E-state index contributed by atoms with van der Waals surface area (Å²) in [4.78, 5) is 54.9. The van der Waals surface area contributed by atoms with Crippen molar-refractivity contribution >= 4 is 24.2 Å². The molecule has 3 aliphatic heterocycles. The van der Waals surface area contributed by atoms with Crippen LogP contribution in [0, 0.1) is 11.8 Å². The molecular weight excluding hydrogens is 784 g/mol. The Morgan fingerprint density at radius 2 is 1.67 bits per heavy atom. The van der Waals surface area contributed by atoms with Crippen molar-refractivity contribution in [2.75, 3.05) is 41.3 Å². The summed E-state index contributed by atoms with van der Waals surface area (Å²) in [5, 5.41) is 34.9. The first kappa shape index (κ1) is 51.8. The summed E-state index contributed by atoms with van der Waals surface area (Å²) in [7, 11) is 6.79. The summed E-state index contributed by atoms with van der Waals surface area (Å²) in [6, 6.07) is -0.781. The number of ether oxygens (including phenoxy) is 8.